The van der Waals surface area contributed by atoms with Gasteiger partial charge in [-0.1, -0.05) is 0 Å². The van der Waals surface area contributed by atoms with E-state index in [1.807, 2.05) is 5.01 Å². The molecule has 0 unspecified atom stereocenters. The summed E-state index contributed by atoms with van der Waals surface area (Å²) < 4.78 is 5.22. The Kier molecular flexibility index (Phi) is 2.39. The molecule has 2 saturated heterocycles. The van der Waals surface area contributed by atoms with Crippen LogP contribution in [0.4, 0.5) is 0 Å². The van der Waals surface area contributed by atoms with Crippen LogP contribution < -0.4 is 11.2 Å². The van der Waals surface area contributed by atoms with Gasteiger partial charge in [0.15, 0.2) is 0 Å². The fourth-order valence-corrected chi connectivity index (χ4v) is 1.64. The predicted octanol–water partition coefficient (Wildman–Crippen LogP) is -1.10. The molecule has 74 valence electrons. The van der Waals surface area contributed by atoms with Crippen LogP contribution in [0.15, 0.2) is 11.4 Å². The second-order valence-corrected chi connectivity index (χ2v) is 3.53. The van der Waals surface area contributed by atoms with Crippen LogP contribution in [-0.2, 0) is 4.74 Å². The van der Waals surface area contributed by atoms with Crippen molar-refractivity contribution in [2.75, 3.05) is 40.0 Å². The summed E-state index contributed by atoms with van der Waals surface area (Å²) in [7, 11) is 2.10. The van der Waals surface area contributed by atoms with Gasteiger partial charge in [0, 0.05) is 19.6 Å². The summed E-state index contributed by atoms with van der Waals surface area (Å²) in [6, 6.07) is 0. The Labute approximate surface area is 78.1 Å². The Morgan fingerprint density at radius 2 is 2.31 bits per heavy atom. The number of hydrogen-bond donors (Lipinski definition) is 2. The van der Waals surface area contributed by atoms with Crippen molar-refractivity contribution in [3.05, 3.63) is 11.4 Å². The van der Waals surface area contributed by atoms with E-state index >= 15 is 0 Å². The quantitative estimate of drug-likeness (QED) is 0.468. The number of piperazine rings is 1. The number of nitrogens with one attached hydrogen (secondary N) is 1. The highest BCUT2D eigenvalue weighted by Gasteiger charge is 2.21. The van der Waals surface area contributed by atoms with Gasteiger partial charge in [0.05, 0.1) is 18.0 Å². The summed E-state index contributed by atoms with van der Waals surface area (Å²) >= 11 is 0. The number of hydrogen-bond acceptors (Lipinski definition) is 5. The lowest BCUT2D eigenvalue weighted by atomic mass is 10.2. The van der Waals surface area contributed by atoms with Gasteiger partial charge in [0.1, 0.15) is 6.73 Å². The van der Waals surface area contributed by atoms with Crippen molar-refractivity contribution in [1.82, 2.24) is 15.2 Å². The molecule has 0 amide bonds. The number of ether oxygens (including phenoxy) is 1. The van der Waals surface area contributed by atoms with Gasteiger partial charge in [0.25, 0.3) is 0 Å². The molecule has 0 spiro atoms. The number of rotatable bonds is 0. The zero-order valence-corrected chi connectivity index (χ0v) is 7.92. The summed E-state index contributed by atoms with van der Waals surface area (Å²) in [6.07, 6.45) is 0. The van der Waals surface area contributed by atoms with Crippen LogP contribution in [0.1, 0.15) is 0 Å². The van der Waals surface area contributed by atoms with Gasteiger partial charge in [-0.3, -0.25) is 4.90 Å². The number of hydrazine groups is 1. The van der Waals surface area contributed by atoms with E-state index in [9.17, 15) is 0 Å². The predicted molar refractivity (Wildman–Crippen MR) is 49.4 cm³/mol. The van der Waals surface area contributed by atoms with Gasteiger partial charge < -0.3 is 15.1 Å². The van der Waals surface area contributed by atoms with Crippen molar-refractivity contribution < 1.29 is 4.74 Å². The molecule has 0 bridgehead atoms. The maximum absolute atomic E-state index is 5.87. The first kappa shape index (κ1) is 8.80. The monoisotopic (exact) mass is 184 g/mol. The molecule has 5 nitrogen and oxygen atoms in total. The maximum Gasteiger partial charge on any atom is 0.116 e. The first-order valence-corrected chi connectivity index (χ1v) is 4.52. The molecule has 0 radical (unpaired) electrons. The number of nitrogens with zero attached hydrogens (tertiary/aromatic N) is 2. The first-order chi connectivity index (χ1) is 6.27. The van der Waals surface area contributed by atoms with Crippen molar-refractivity contribution in [3.8, 4) is 0 Å². The molecule has 0 aliphatic carbocycles. The smallest absolute Gasteiger partial charge is 0.116 e. The van der Waals surface area contributed by atoms with E-state index in [1.165, 1.54) is 0 Å². The van der Waals surface area contributed by atoms with Crippen molar-refractivity contribution in [1.29, 1.82) is 0 Å². The maximum atomic E-state index is 5.87. The molecule has 2 fully saturated rings. The van der Waals surface area contributed by atoms with Gasteiger partial charge in [-0.25, -0.2) is 5.84 Å². The van der Waals surface area contributed by atoms with Crippen LogP contribution in [0, 0.1) is 0 Å². The molecule has 2 heterocycles. The Balaban J connectivity index is 2.14. The summed E-state index contributed by atoms with van der Waals surface area (Å²) in [6.45, 7) is 4.08. The van der Waals surface area contributed by atoms with E-state index in [-0.39, 0.29) is 0 Å². The molecular formula is C8H16N4O. The highest BCUT2D eigenvalue weighted by atomic mass is 16.5. The largest absolute Gasteiger partial charge is 0.363 e. The third-order valence-electron chi connectivity index (χ3n) is 2.47. The molecule has 2 rings (SSSR count). The minimum Gasteiger partial charge on any atom is -0.363 e. The zero-order valence-electron chi connectivity index (χ0n) is 7.92. The third-order valence-corrected chi connectivity index (χ3v) is 2.47. The first-order valence-electron chi connectivity index (χ1n) is 4.52. The van der Waals surface area contributed by atoms with Crippen molar-refractivity contribution in [2.24, 2.45) is 5.84 Å². The lowest BCUT2D eigenvalue weighted by Crippen LogP contribution is -2.47. The zero-order chi connectivity index (χ0) is 9.26. The Morgan fingerprint density at radius 1 is 1.46 bits per heavy atom. The summed E-state index contributed by atoms with van der Waals surface area (Å²) in [5, 5.41) is 5.00. The van der Waals surface area contributed by atoms with Crippen LogP contribution in [0.3, 0.4) is 0 Å². The molecule has 2 aliphatic heterocycles. The van der Waals surface area contributed by atoms with Gasteiger partial charge in [-0.2, -0.15) is 0 Å². The van der Waals surface area contributed by atoms with Gasteiger partial charge in [0.2, 0.25) is 0 Å². The van der Waals surface area contributed by atoms with Crippen molar-refractivity contribution in [3.63, 3.8) is 0 Å². The van der Waals surface area contributed by atoms with Gasteiger partial charge >= 0.3 is 0 Å². The minimum atomic E-state index is 0.608. The topological polar surface area (TPSA) is 53.8 Å². The number of nitrogens with two attached hydrogens (primary N) is 1. The van der Waals surface area contributed by atoms with Crippen molar-refractivity contribution >= 4 is 0 Å². The summed E-state index contributed by atoms with van der Waals surface area (Å²) in [5.41, 5.74) is 2.29. The Hall–Kier alpha value is -0.780. The van der Waals surface area contributed by atoms with E-state index in [0.29, 0.717) is 13.3 Å². The van der Waals surface area contributed by atoms with E-state index in [2.05, 4.69) is 17.3 Å². The highest BCUT2D eigenvalue weighted by Crippen LogP contribution is 2.13. The second-order valence-electron chi connectivity index (χ2n) is 3.53. The average molecular weight is 184 g/mol. The van der Waals surface area contributed by atoms with Crippen LogP contribution in [0.25, 0.3) is 0 Å². The molecule has 0 saturated carbocycles. The molecule has 0 aromatic heterocycles. The van der Waals surface area contributed by atoms with Crippen LogP contribution in [-0.4, -0.2) is 49.9 Å². The molecule has 3 N–H and O–H groups in total. The van der Waals surface area contributed by atoms with E-state index < -0.39 is 0 Å². The average Bonchev–Trinajstić information content (AvgIpc) is 2.61. The third kappa shape index (κ3) is 1.77. The fourth-order valence-electron chi connectivity index (χ4n) is 1.64. The molecule has 0 atom stereocenters. The van der Waals surface area contributed by atoms with Gasteiger partial charge in [-0.05, 0) is 7.05 Å². The van der Waals surface area contributed by atoms with Crippen LogP contribution in [0.2, 0.25) is 0 Å². The summed E-state index contributed by atoms with van der Waals surface area (Å²) in [4.78, 5) is 2.26. The second kappa shape index (κ2) is 3.53. The lowest BCUT2D eigenvalue weighted by Gasteiger charge is -2.33. The van der Waals surface area contributed by atoms with Crippen molar-refractivity contribution in [2.45, 2.75) is 0 Å². The molecule has 0 aromatic carbocycles. The van der Waals surface area contributed by atoms with Crippen LogP contribution >= 0.6 is 0 Å². The lowest BCUT2D eigenvalue weighted by molar-refractivity contribution is 0.190. The Morgan fingerprint density at radius 3 is 3.00 bits per heavy atom. The molecule has 5 heteroatoms. The summed E-state index contributed by atoms with van der Waals surface area (Å²) in [5.74, 6) is 5.87. The van der Waals surface area contributed by atoms with Gasteiger partial charge in [-0.15, -0.1) is 0 Å². The Bertz CT molecular complexity index is 220. The fraction of sp³-hybridized carbons (Fsp3) is 0.750. The molecule has 2 aliphatic rings. The SMILES string of the molecule is CN1CCN(N)/C(=C2/COCN2)C1. The molecule has 13 heavy (non-hydrogen) atoms. The minimum absolute atomic E-state index is 0.608. The van der Waals surface area contributed by atoms with Crippen LogP contribution in [0.5, 0.6) is 0 Å². The van der Waals surface area contributed by atoms with E-state index in [1.54, 1.807) is 0 Å². The molecule has 0 aromatic rings. The molecular weight excluding hydrogens is 168 g/mol. The number of likely N-dealkylation sites (N-methyl/N-ethyl adjacent to an activating group) is 1. The normalized spacial score (nSPS) is 30.8. The standard InChI is InChI=1S/C8H16N4O/c1-11-2-3-12(9)8(4-11)7-5-13-6-10-7/h10H,2-6,9H2,1H3/b8-7-. The van der Waals surface area contributed by atoms with E-state index in [4.69, 9.17) is 10.6 Å². The highest BCUT2D eigenvalue weighted by molar-refractivity contribution is 5.16. The van der Waals surface area contributed by atoms with E-state index in [0.717, 1.165) is 31.0 Å².